The second kappa shape index (κ2) is 6.40. The van der Waals surface area contributed by atoms with Crippen LogP contribution in [0.1, 0.15) is 16.5 Å². The molecule has 0 bridgehead atoms. The van der Waals surface area contributed by atoms with E-state index in [1.165, 1.54) is 0 Å². The molecular weight excluding hydrogens is 322 g/mol. The highest BCUT2D eigenvalue weighted by Crippen LogP contribution is 2.30. The summed E-state index contributed by atoms with van der Waals surface area (Å²) in [4.78, 5) is 1.16. The second-order valence-corrected chi connectivity index (χ2v) is 5.22. The minimum atomic E-state index is -0.0674. The Kier molecular flexibility index (Phi) is 5.46. The molecule has 17 heavy (non-hydrogen) atoms. The number of hydrogen-bond donors (Lipinski definition) is 1. The first kappa shape index (κ1) is 14.5. The minimum absolute atomic E-state index is 0. The van der Waals surface area contributed by atoms with Crippen molar-refractivity contribution in [3.8, 4) is 5.75 Å². The molecule has 1 heterocycles. The van der Waals surface area contributed by atoms with Gasteiger partial charge < -0.3 is 10.5 Å². The largest absolute Gasteiger partial charge is 0.496 e. The number of methoxy groups -OCH3 is 1. The molecule has 2 N–H and O–H groups in total. The van der Waals surface area contributed by atoms with Crippen molar-refractivity contribution in [1.82, 2.24) is 0 Å². The Balaban J connectivity index is 0.00000144. The third-order valence-corrected chi connectivity index (χ3v) is 3.96. The maximum absolute atomic E-state index is 6.17. The molecule has 92 valence electrons. The Morgan fingerprint density at radius 2 is 2.12 bits per heavy atom. The van der Waals surface area contributed by atoms with E-state index < -0.39 is 0 Å². The van der Waals surface area contributed by atoms with Crippen LogP contribution in [-0.4, -0.2) is 7.11 Å². The van der Waals surface area contributed by atoms with Crippen molar-refractivity contribution in [2.45, 2.75) is 6.04 Å². The SMILES string of the molecule is COc1ccc([C@H](N)c2cccs2)cc1Br.Cl. The smallest absolute Gasteiger partial charge is 0.133 e. The van der Waals surface area contributed by atoms with Crippen LogP contribution in [0.4, 0.5) is 0 Å². The summed E-state index contributed by atoms with van der Waals surface area (Å²) >= 11 is 5.13. The van der Waals surface area contributed by atoms with Crippen molar-refractivity contribution in [3.05, 3.63) is 50.6 Å². The monoisotopic (exact) mass is 333 g/mol. The molecule has 1 aromatic heterocycles. The van der Waals surface area contributed by atoms with Crippen LogP contribution in [0.3, 0.4) is 0 Å². The number of hydrogen-bond acceptors (Lipinski definition) is 3. The predicted octanol–water partition coefficient (Wildman–Crippen LogP) is 3.99. The first-order valence-electron chi connectivity index (χ1n) is 4.85. The number of ether oxygens (including phenoxy) is 1. The van der Waals surface area contributed by atoms with E-state index in [9.17, 15) is 0 Å². The summed E-state index contributed by atoms with van der Waals surface area (Å²) in [6.45, 7) is 0. The first-order chi connectivity index (χ1) is 7.72. The van der Waals surface area contributed by atoms with E-state index in [1.54, 1.807) is 18.4 Å². The Bertz CT molecular complexity index is 475. The van der Waals surface area contributed by atoms with E-state index in [0.717, 1.165) is 20.7 Å². The Hall–Kier alpha value is -0.550. The van der Waals surface area contributed by atoms with E-state index in [0.29, 0.717) is 0 Å². The van der Waals surface area contributed by atoms with Crippen molar-refractivity contribution in [2.75, 3.05) is 7.11 Å². The summed E-state index contributed by atoms with van der Waals surface area (Å²) in [7, 11) is 1.65. The maximum atomic E-state index is 6.17. The molecule has 0 amide bonds. The van der Waals surface area contributed by atoms with Crippen molar-refractivity contribution < 1.29 is 4.74 Å². The molecule has 0 radical (unpaired) electrons. The van der Waals surface area contributed by atoms with Gasteiger partial charge in [-0.3, -0.25) is 0 Å². The minimum Gasteiger partial charge on any atom is -0.496 e. The van der Waals surface area contributed by atoms with Crippen LogP contribution in [0.2, 0.25) is 0 Å². The van der Waals surface area contributed by atoms with Crippen molar-refractivity contribution in [2.24, 2.45) is 5.73 Å². The zero-order valence-electron chi connectivity index (χ0n) is 9.22. The molecule has 0 aliphatic heterocycles. The lowest BCUT2D eigenvalue weighted by Crippen LogP contribution is -2.10. The lowest BCUT2D eigenvalue weighted by atomic mass is 10.1. The van der Waals surface area contributed by atoms with Gasteiger partial charge >= 0.3 is 0 Å². The Morgan fingerprint density at radius 1 is 1.35 bits per heavy atom. The molecule has 1 atom stereocenters. The highest BCUT2D eigenvalue weighted by molar-refractivity contribution is 9.10. The van der Waals surface area contributed by atoms with E-state index in [4.69, 9.17) is 10.5 Å². The molecular formula is C12H13BrClNOS. The first-order valence-corrected chi connectivity index (χ1v) is 6.52. The summed E-state index contributed by atoms with van der Waals surface area (Å²) in [6.07, 6.45) is 0. The highest BCUT2D eigenvalue weighted by Gasteiger charge is 2.11. The van der Waals surface area contributed by atoms with Crippen molar-refractivity contribution in [1.29, 1.82) is 0 Å². The molecule has 0 aliphatic rings. The summed E-state index contributed by atoms with van der Waals surface area (Å²) in [5.74, 6) is 0.821. The third kappa shape index (κ3) is 3.22. The second-order valence-electron chi connectivity index (χ2n) is 3.39. The Labute approximate surface area is 119 Å². The van der Waals surface area contributed by atoms with Gasteiger partial charge in [0.15, 0.2) is 0 Å². The maximum Gasteiger partial charge on any atom is 0.133 e. The van der Waals surface area contributed by atoms with Crippen LogP contribution >= 0.6 is 39.7 Å². The zero-order valence-corrected chi connectivity index (χ0v) is 12.4. The predicted molar refractivity (Wildman–Crippen MR) is 78.3 cm³/mol. The fraction of sp³-hybridized carbons (Fsp3) is 0.167. The molecule has 0 unspecified atom stereocenters. The van der Waals surface area contributed by atoms with Gasteiger partial charge in [-0.15, -0.1) is 23.7 Å². The number of nitrogens with two attached hydrogens (primary N) is 1. The quantitative estimate of drug-likeness (QED) is 0.921. The van der Waals surface area contributed by atoms with E-state index in [-0.39, 0.29) is 18.4 Å². The standard InChI is InChI=1S/C12H12BrNOS.ClH/c1-15-10-5-4-8(7-9(10)13)12(14)11-3-2-6-16-11;/h2-7,12H,14H2,1H3;1H/t12-;/m0./s1. The van der Waals surface area contributed by atoms with Gasteiger partial charge in [-0.05, 0) is 45.1 Å². The lowest BCUT2D eigenvalue weighted by molar-refractivity contribution is 0.412. The average molecular weight is 335 g/mol. The normalized spacial score (nSPS) is 11.7. The van der Waals surface area contributed by atoms with Crippen LogP contribution in [0.25, 0.3) is 0 Å². The number of halogens is 2. The van der Waals surface area contributed by atoms with Gasteiger partial charge in [0.2, 0.25) is 0 Å². The van der Waals surface area contributed by atoms with Gasteiger partial charge in [0, 0.05) is 4.88 Å². The molecule has 0 aliphatic carbocycles. The summed E-state index contributed by atoms with van der Waals surface area (Å²) in [5, 5.41) is 2.04. The fourth-order valence-corrected chi connectivity index (χ4v) is 2.82. The zero-order chi connectivity index (χ0) is 11.5. The number of thiophene rings is 1. The van der Waals surface area contributed by atoms with Crippen LogP contribution in [0, 0.1) is 0 Å². The molecule has 0 saturated heterocycles. The van der Waals surface area contributed by atoms with E-state index in [2.05, 4.69) is 15.9 Å². The molecule has 0 saturated carbocycles. The van der Waals surface area contributed by atoms with Gasteiger partial charge in [-0.1, -0.05) is 12.1 Å². The number of benzene rings is 1. The molecule has 2 aromatic rings. The molecule has 0 fully saturated rings. The van der Waals surface area contributed by atoms with Gasteiger partial charge in [-0.2, -0.15) is 0 Å². The van der Waals surface area contributed by atoms with E-state index >= 15 is 0 Å². The van der Waals surface area contributed by atoms with Crippen molar-refractivity contribution >= 4 is 39.7 Å². The third-order valence-electron chi connectivity index (χ3n) is 2.38. The fourth-order valence-electron chi connectivity index (χ4n) is 1.51. The van der Waals surface area contributed by atoms with Crippen LogP contribution in [-0.2, 0) is 0 Å². The van der Waals surface area contributed by atoms with Crippen molar-refractivity contribution in [3.63, 3.8) is 0 Å². The van der Waals surface area contributed by atoms with Gasteiger partial charge in [-0.25, -0.2) is 0 Å². The lowest BCUT2D eigenvalue weighted by Gasteiger charge is -2.12. The summed E-state index contributed by atoms with van der Waals surface area (Å²) < 4.78 is 6.12. The molecule has 5 heteroatoms. The Morgan fingerprint density at radius 3 is 2.65 bits per heavy atom. The van der Waals surface area contributed by atoms with Crippen LogP contribution in [0.15, 0.2) is 40.2 Å². The van der Waals surface area contributed by atoms with E-state index in [1.807, 2.05) is 35.7 Å². The van der Waals surface area contributed by atoms with Crippen LogP contribution < -0.4 is 10.5 Å². The number of rotatable bonds is 3. The van der Waals surface area contributed by atoms with Gasteiger partial charge in [0.25, 0.3) is 0 Å². The topological polar surface area (TPSA) is 35.2 Å². The molecule has 2 rings (SSSR count). The summed E-state index contributed by atoms with van der Waals surface area (Å²) in [6, 6.07) is 9.91. The molecule has 1 aromatic carbocycles. The average Bonchev–Trinajstić information content (AvgIpc) is 2.81. The van der Waals surface area contributed by atoms with Crippen LogP contribution in [0.5, 0.6) is 5.75 Å². The molecule has 2 nitrogen and oxygen atoms in total. The van der Waals surface area contributed by atoms with Gasteiger partial charge in [0.1, 0.15) is 5.75 Å². The summed E-state index contributed by atoms with van der Waals surface area (Å²) in [5.41, 5.74) is 7.25. The molecule has 0 spiro atoms. The highest BCUT2D eigenvalue weighted by atomic mass is 79.9. The van der Waals surface area contributed by atoms with Gasteiger partial charge in [0.05, 0.1) is 17.6 Å².